The molecule has 5 nitrogen and oxygen atoms in total. The zero-order valence-corrected chi connectivity index (χ0v) is 18.2. The lowest BCUT2D eigenvalue weighted by Gasteiger charge is -2.51. The van der Waals surface area contributed by atoms with E-state index in [9.17, 15) is 4.79 Å². The molecule has 1 aliphatic heterocycles. The van der Waals surface area contributed by atoms with Crippen LogP contribution in [0.4, 0.5) is 5.13 Å². The van der Waals surface area contributed by atoms with Gasteiger partial charge in [-0.3, -0.25) is 9.78 Å². The van der Waals surface area contributed by atoms with E-state index in [2.05, 4.69) is 30.2 Å². The Balaban J connectivity index is 1.34. The number of esters is 1. The fourth-order valence-electron chi connectivity index (χ4n) is 6.00. The number of hydrogen-bond acceptors (Lipinski definition) is 6. The predicted molar refractivity (Wildman–Crippen MR) is 114 cm³/mol. The molecule has 6 heteroatoms. The molecular formula is C23H29N3O2S. The van der Waals surface area contributed by atoms with Crippen LogP contribution in [0.3, 0.4) is 0 Å². The van der Waals surface area contributed by atoms with Gasteiger partial charge in [0.05, 0.1) is 11.6 Å². The topological polar surface area (TPSA) is 64.1 Å². The number of rotatable bonds is 4. The van der Waals surface area contributed by atoms with Gasteiger partial charge in [0.1, 0.15) is 6.10 Å². The van der Waals surface area contributed by atoms with E-state index in [1.807, 2.05) is 25.3 Å². The second-order valence-electron chi connectivity index (χ2n) is 9.36. The lowest BCUT2D eigenvalue weighted by molar-refractivity contribution is -0.149. The van der Waals surface area contributed by atoms with Gasteiger partial charge in [0, 0.05) is 47.5 Å². The first-order valence-electron chi connectivity index (χ1n) is 10.8. The highest BCUT2D eigenvalue weighted by atomic mass is 32.1. The second kappa shape index (κ2) is 7.08. The van der Waals surface area contributed by atoms with Crippen molar-refractivity contribution in [1.82, 2.24) is 9.97 Å². The summed E-state index contributed by atoms with van der Waals surface area (Å²) < 4.78 is 5.93. The highest BCUT2D eigenvalue weighted by molar-refractivity contribution is 7.15. The van der Waals surface area contributed by atoms with Crippen molar-refractivity contribution in [3.63, 3.8) is 0 Å². The van der Waals surface area contributed by atoms with E-state index in [0.29, 0.717) is 17.8 Å². The summed E-state index contributed by atoms with van der Waals surface area (Å²) in [5, 5.41) is 4.51. The summed E-state index contributed by atoms with van der Waals surface area (Å²) in [5.41, 5.74) is 2.50. The van der Waals surface area contributed by atoms with Crippen molar-refractivity contribution in [3.05, 3.63) is 40.7 Å². The van der Waals surface area contributed by atoms with Gasteiger partial charge in [-0.2, -0.15) is 0 Å². The molecule has 0 spiro atoms. The molecule has 0 unspecified atom stereocenters. The van der Waals surface area contributed by atoms with Crippen LogP contribution >= 0.6 is 11.3 Å². The molecule has 6 atom stereocenters. The number of pyridine rings is 1. The largest absolute Gasteiger partial charge is 0.461 e. The van der Waals surface area contributed by atoms with Gasteiger partial charge < -0.3 is 10.1 Å². The smallest absolute Gasteiger partial charge is 0.309 e. The number of thiazole rings is 1. The molecule has 1 saturated carbocycles. The van der Waals surface area contributed by atoms with Gasteiger partial charge >= 0.3 is 5.97 Å². The van der Waals surface area contributed by atoms with Gasteiger partial charge in [0.2, 0.25) is 0 Å². The second-order valence-corrected chi connectivity index (χ2v) is 10.4. The number of carbonyl (C=O) groups excluding carboxylic acids is 1. The summed E-state index contributed by atoms with van der Waals surface area (Å²) in [6, 6.07) is 6.03. The summed E-state index contributed by atoms with van der Waals surface area (Å²) in [5.74, 6) is 1.09. The molecule has 2 aliphatic carbocycles. The fraction of sp³-hybridized carbons (Fsp3) is 0.609. The summed E-state index contributed by atoms with van der Waals surface area (Å²) in [6.45, 7) is 7.56. The Kier molecular flexibility index (Phi) is 4.65. The summed E-state index contributed by atoms with van der Waals surface area (Å²) in [7, 11) is 0. The number of nitrogens with zero attached hydrogens (tertiary/aromatic N) is 2. The summed E-state index contributed by atoms with van der Waals surface area (Å²) in [4.78, 5) is 23.0. The lowest BCUT2D eigenvalue weighted by Crippen LogP contribution is -2.50. The Labute approximate surface area is 176 Å². The van der Waals surface area contributed by atoms with Crippen LogP contribution in [-0.4, -0.2) is 28.6 Å². The normalized spacial score (nSPS) is 35.4. The lowest BCUT2D eigenvalue weighted by atomic mass is 9.54. The maximum Gasteiger partial charge on any atom is 0.309 e. The minimum absolute atomic E-state index is 0.00241. The van der Waals surface area contributed by atoms with E-state index >= 15 is 0 Å². The molecule has 3 heterocycles. The first kappa shape index (κ1) is 19.0. The van der Waals surface area contributed by atoms with E-state index in [0.717, 1.165) is 36.6 Å². The predicted octanol–water partition coefficient (Wildman–Crippen LogP) is 4.45. The number of anilines is 1. The quantitative estimate of drug-likeness (QED) is 0.753. The number of nitrogens with one attached hydrogen (secondary N) is 1. The minimum Gasteiger partial charge on any atom is -0.461 e. The van der Waals surface area contributed by atoms with Crippen LogP contribution < -0.4 is 5.32 Å². The first-order valence-corrected chi connectivity index (χ1v) is 11.6. The molecule has 1 N–H and O–H groups in total. The van der Waals surface area contributed by atoms with Gasteiger partial charge in [0.15, 0.2) is 5.13 Å². The molecule has 3 aliphatic rings. The van der Waals surface area contributed by atoms with Crippen LogP contribution in [0.15, 0.2) is 24.4 Å². The first-order chi connectivity index (χ1) is 14.0. The number of ether oxygens (including phenoxy) is 1. The molecule has 0 aromatic carbocycles. The van der Waals surface area contributed by atoms with Crippen molar-refractivity contribution in [2.24, 2.45) is 23.2 Å². The Morgan fingerprint density at radius 3 is 2.97 bits per heavy atom. The third kappa shape index (κ3) is 3.16. The van der Waals surface area contributed by atoms with Crippen molar-refractivity contribution in [3.8, 4) is 0 Å². The van der Waals surface area contributed by atoms with Crippen molar-refractivity contribution in [1.29, 1.82) is 0 Å². The number of carbonyl (C=O) groups is 1. The molecule has 2 aromatic heterocycles. The molecule has 0 amide bonds. The summed E-state index contributed by atoms with van der Waals surface area (Å²) >= 11 is 1.80. The molecule has 1 saturated heterocycles. The number of aromatic nitrogens is 2. The van der Waals surface area contributed by atoms with Gasteiger partial charge in [-0.05, 0) is 36.8 Å². The monoisotopic (exact) mass is 411 g/mol. The standard InChI is InChI=1S/C23H29N3O2S/c1-13-16-7-9-23(3)12-17-19(14(2)18(23)20(16)28-21(13)27)26-22(29-17)25-11-8-15-6-4-5-10-24-15/h4-6,10,13-14,16,18,20H,7-9,11-12H2,1-3H3,(H,25,26)/t13-,14+,16-,18+,20+,23+/m0/s1. The number of fused-ring (bicyclic) bond motifs is 4. The molecule has 29 heavy (non-hydrogen) atoms. The molecule has 2 fully saturated rings. The van der Waals surface area contributed by atoms with E-state index < -0.39 is 0 Å². The van der Waals surface area contributed by atoms with Gasteiger partial charge in [-0.1, -0.05) is 26.8 Å². The maximum atomic E-state index is 12.3. The molecule has 154 valence electrons. The molecule has 2 aromatic rings. The average Bonchev–Trinajstić information content (AvgIpc) is 3.22. The Bertz CT molecular complexity index is 914. The molecule has 5 rings (SSSR count). The van der Waals surface area contributed by atoms with Crippen molar-refractivity contribution in [2.45, 2.75) is 58.5 Å². The van der Waals surface area contributed by atoms with Crippen LogP contribution in [0.2, 0.25) is 0 Å². The molecule has 0 bridgehead atoms. The zero-order chi connectivity index (χ0) is 20.2. The van der Waals surface area contributed by atoms with E-state index in [1.54, 1.807) is 11.3 Å². The number of hydrogen-bond donors (Lipinski definition) is 1. The van der Waals surface area contributed by atoms with Gasteiger partial charge in [-0.25, -0.2) is 4.98 Å². The highest BCUT2D eigenvalue weighted by Crippen LogP contribution is 2.59. The minimum atomic E-state index is -0.00241. The van der Waals surface area contributed by atoms with Crippen LogP contribution in [0.5, 0.6) is 0 Å². The third-order valence-corrected chi connectivity index (χ3v) is 8.57. The van der Waals surface area contributed by atoms with Crippen molar-refractivity contribution in [2.75, 3.05) is 11.9 Å². The van der Waals surface area contributed by atoms with E-state index in [1.165, 1.54) is 17.0 Å². The van der Waals surface area contributed by atoms with Crippen LogP contribution in [0.1, 0.15) is 55.8 Å². The van der Waals surface area contributed by atoms with Crippen LogP contribution in [-0.2, 0) is 22.4 Å². The Hall–Kier alpha value is -1.95. The maximum absolute atomic E-state index is 12.3. The zero-order valence-electron chi connectivity index (χ0n) is 17.4. The highest BCUT2D eigenvalue weighted by Gasteiger charge is 2.58. The summed E-state index contributed by atoms with van der Waals surface area (Å²) in [6.07, 6.45) is 6.10. The van der Waals surface area contributed by atoms with Crippen molar-refractivity contribution >= 4 is 22.4 Å². The molecule has 0 radical (unpaired) electrons. The third-order valence-electron chi connectivity index (χ3n) is 7.54. The Morgan fingerprint density at radius 2 is 2.17 bits per heavy atom. The Morgan fingerprint density at radius 1 is 1.31 bits per heavy atom. The van der Waals surface area contributed by atoms with E-state index in [-0.39, 0.29) is 23.4 Å². The van der Waals surface area contributed by atoms with Crippen LogP contribution in [0, 0.1) is 23.2 Å². The van der Waals surface area contributed by atoms with Crippen LogP contribution in [0.25, 0.3) is 0 Å². The fourth-order valence-corrected chi connectivity index (χ4v) is 7.29. The van der Waals surface area contributed by atoms with Gasteiger partial charge in [0.25, 0.3) is 0 Å². The average molecular weight is 412 g/mol. The van der Waals surface area contributed by atoms with E-state index in [4.69, 9.17) is 9.72 Å². The van der Waals surface area contributed by atoms with Crippen molar-refractivity contribution < 1.29 is 9.53 Å². The molecular weight excluding hydrogens is 382 g/mol. The SMILES string of the molecule is C[C@@H]1C(=O)O[C@@H]2[C@H]1CC[C@]1(C)Cc3sc(NCCc4ccccn4)nc3[C@H](C)[C@H]21. The van der Waals surface area contributed by atoms with Gasteiger partial charge in [-0.15, -0.1) is 11.3 Å².